The van der Waals surface area contributed by atoms with Crippen molar-refractivity contribution in [3.63, 3.8) is 0 Å². The fraction of sp³-hybridized carbons (Fsp3) is 0.455. The van der Waals surface area contributed by atoms with Crippen molar-refractivity contribution in [2.75, 3.05) is 24.7 Å². The monoisotopic (exact) mass is 244 g/mol. The molecule has 90 valence electrons. The van der Waals surface area contributed by atoms with Gasteiger partial charge in [0.25, 0.3) is 0 Å². The Labute approximate surface area is 95.8 Å². The lowest BCUT2D eigenvalue weighted by Gasteiger charge is -2.06. The van der Waals surface area contributed by atoms with E-state index in [4.69, 9.17) is 9.84 Å². The minimum atomic E-state index is -3.19. The highest BCUT2D eigenvalue weighted by atomic mass is 32.2. The molecule has 0 fully saturated rings. The Kier molecular flexibility index (Phi) is 4.76. The molecule has 0 heterocycles. The van der Waals surface area contributed by atoms with E-state index in [0.29, 0.717) is 5.75 Å². The van der Waals surface area contributed by atoms with Crippen molar-refractivity contribution >= 4 is 9.84 Å². The number of sulfone groups is 1. The minimum absolute atomic E-state index is 0.0680. The van der Waals surface area contributed by atoms with E-state index in [9.17, 15) is 8.42 Å². The third kappa shape index (κ3) is 4.63. The first kappa shape index (κ1) is 13.0. The summed E-state index contributed by atoms with van der Waals surface area (Å²) in [5.74, 6) is 0.394. The Balaban J connectivity index is 2.42. The molecule has 4 nitrogen and oxygen atoms in total. The van der Waals surface area contributed by atoms with Gasteiger partial charge in [-0.3, -0.25) is 0 Å². The van der Waals surface area contributed by atoms with Crippen LogP contribution < -0.4 is 4.74 Å². The molecule has 0 saturated heterocycles. The second-order valence-corrected chi connectivity index (χ2v) is 5.84. The van der Waals surface area contributed by atoms with Crippen molar-refractivity contribution in [3.05, 3.63) is 29.8 Å². The van der Waals surface area contributed by atoms with Crippen LogP contribution in [0.4, 0.5) is 0 Å². The van der Waals surface area contributed by atoms with Crippen LogP contribution >= 0.6 is 0 Å². The number of hydrogen-bond acceptors (Lipinski definition) is 4. The van der Waals surface area contributed by atoms with E-state index in [0.717, 1.165) is 5.56 Å². The highest BCUT2D eigenvalue weighted by Crippen LogP contribution is 2.12. The van der Waals surface area contributed by atoms with Crippen LogP contribution in [0, 0.1) is 6.92 Å². The van der Waals surface area contributed by atoms with Gasteiger partial charge in [-0.25, -0.2) is 8.42 Å². The van der Waals surface area contributed by atoms with E-state index in [1.165, 1.54) is 0 Å². The fourth-order valence-corrected chi connectivity index (χ4v) is 2.05. The third-order valence-electron chi connectivity index (χ3n) is 2.05. The molecule has 0 amide bonds. The summed E-state index contributed by atoms with van der Waals surface area (Å²) >= 11 is 0. The molecular formula is C11H16O4S. The van der Waals surface area contributed by atoms with Crippen LogP contribution in [0.3, 0.4) is 0 Å². The number of aliphatic hydroxyl groups excluding tert-OH is 1. The Morgan fingerprint density at radius 3 is 2.69 bits per heavy atom. The zero-order chi connectivity index (χ0) is 12.0. The van der Waals surface area contributed by atoms with Gasteiger partial charge in [0.05, 0.1) is 18.1 Å². The van der Waals surface area contributed by atoms with Gasteiger partial charge in [-0.2, -0.15) is 0 Å². The van der Waals surface area contributed by atoms with E-state index in [2.05, 4.69) is 0 Å². The van der Waals surface area contributed by atoms with Gasteiger partial charge in [-0.15, -0.1) is 0 Å². The highest BCUT2D eigenvalue weighted by molar-refractivity contribution is 7.91. The zero-order valence-electron chi connectivity index (χ0n) is 9.22. The summed E-state index contributed by atoms with van der Waals surface area (Å²) in [6.45, 7) is 1.72. The van der Waals surface area contributed by atoms with Crippen LogP contribution in [-0.2, 0) is 9.84 Å². The molecule has 1 aromatic rings. The van der Waals surface area contributed by atoms with Crippen LogP contribution in [0.5, 0.6) is 5.75 Å². The van der Waals surface area contributed by atoms with Crippen molar-refractivity contribution in [1.29, 1.82) is 0 Å². The number of rotatable bonds is 6. The largest absolute Gasteiger partial charge is 0.493 e. The SMILES string of the molecule is Cc1cccc(OCCS(=O)(=O)CCO)c1. The van der Waals surface area contributed by atoms with Crippen LogP contribution in [0.1, 0.15) is 5.56 Å². The molecule has 0 aliphatic rings. The normalized spacial score (nSPS) is 11.4. The Morgan fingerprint density at radius 2 is 2.06 bits per heavy atom. The van der Waals surface area contributed by atoms with Gasteiger partial charge < -0.3 is 9.84 Å². The number of aliphatic hydroxyl groups is 1. The van der Waals surface area contributed by atoms with Crippen LogP contribution in [0.25, 0.3) is 0 Å². The van der Waals surface area contributed by atoms with Gasteiger partial charge in [0.1, 0.15) is 12.4 Å². The molecule has 0 aliphatic heterocycles. The van der Waals surface area contributed by atoms with Gasteiger partial charge in [-0.05, 0) is 24.6 Å². The molecule has 0 aromatic heterocycles. The maximum absolute atomic E-state index is 11.2. The van der Waals surface area contributed by atoms with Crippen molar-refractivity contribution in [2.24, 2.45) is 0 Å². The molecule has 0 atom stereocenters. The standard InChI is InChI=1S/C11H16O4S/c1-10-3-2-4-11(9-10)15-6-8-16(13,14)7-5-12/h2-4,9,12H,5-8H2,1H3. The first-order valence-electron chi connectivity index (χ1n) is 5.04. The van der Waals surface area contributed by atoms with Crippen molar-refractivity contribution in [2.45, 2.75) is 6.92 Å². The Hall–Kier alpha value is -1.07. The predicted octanol–water partition coefficient (Wildman–Crippen LogP) is 0.781. The lowest BCUT2D eigenvalue weighted by atomic mass is 10.2. The van der Waals surface area contributed by atoms with Gasteiger partial charge in [0, 0.05) is 0 Å². The molecule has 1 aromatic carbocycles. The van der Waals surface area contributed by atoms with Gasteiger partial charge in [0.15, 0.2) is 9.84 Å². The molecule has 1 N–H and O–H groups in total. The molecule has 0 spiro atoms. The lowest BCUT2D eigenvalue weighted by Crippen LogP contribution is -2.18. The van der Waals surface area contributed by atoms with Crippen molar-refractivity contribution in [3.8, 4) is 5.75 Å². The number of benzene rings is 1. The molecular weight excluding hydrogens is 228 g/mol. The summed E-state index contributed by atoms with van der Waals surface area (Å²) in [5.41, 5.74) is 1.07. The summed E-state index contributed by atoms with van der Waals surface area (Å²) in [6, 6.07) is 7.42. The molecule has 5 heteroatoms. The van der Waals surface area contributed by atoms with Gasteiger partial charge >= 0.3 is 0 Å². The molecule has 0 bridgehead atoms. The Bertz CT molecular complexity index is 425. The summed E-state index contributed by atoms with van der Waals surface area (Å²) in [4.78, 5) is 0. The smallest absolute Gasteiger partial charge is 0.155 e. The topological polar surface area (TPSA) is 63.6 Å². The van der Waals surface area contributed by atoms with E-state index >= 15 is 0 Å². The summed E-state index contributed by atoms with van der Waals surface area (Å²) in [7, 11) is -3.19. The molecule has 1 rings (SSSR count). The van der Waals surface area contributed by atoms with Crippen LogP contribution in [0.15, 0.2) is 24.3 Å². The molecule has 16 heavy (non-hydrogen) atoms. The average molecular weight is 244 g/mol. The zero-order valence-corrected chi connectivity index (χ0v) is 10.0. The molecule has 0 aliphatic carbocycles. The molecule has 0 radical (unpaired) electrons. The molecule has 0 unspecified atom stereocenters. The van der Waals surface area contributed by atoms with E-state index < -0.39 is 9.84 Å². The van der Waals surface area contributed by atoms with E-state index in [1.807, 2.05) is 25.1 Å². The summed E-state index contributed by atoms with van der Waals surface area (Å²) in [5, 5.41) is 8.53. The van der Waals surface area contributed by atoms with E-state index in [1.54, 1.807) is 6.07 Å². The highest BCUT2D eigenvalue weighted by Gasteiger charge is 2.09. The lowest BCUT2D eigenvalue weighted by molar-refractivity contribution is 0.317. The third-order valence-corrected chi connectivity index (χ3v) is 3.65. The Morgan fingerprint density at radius 1 is 1.31 bits per heavy atom. The second kappa shape index (κ2) is 5.86. The van der Waals surface area contributed by atoms with E-state index in [-0.39, 0.29) is 24.7 Å². The quantitative estimate of drug-likeness (QED) is 0.803. The van der Waals surface area contributed by atoms with Gasteiger partial charge in [0.2, 0.25) is 0 Å². The first-order chi connectivity index (χ1) is 7.53. The first-order valence-corrected chi connectivity index (χ1v) is 6.86. The van der Waals surface area contributed by atoms with Crippen molar-refractivity contribution < 1.29 is 18.3 Å². The van der Waals surface area contributed by atoms with Gasteiger partial charge in [-0.1, -0.05) is 12.1 Å². The summed E-state index contributed by atoms with van der Waals surface area (Å²) < 4.78 is 27.8. The fourth-order valence-electron chi connectivity index (χ4n) is 1.23. The van der Waals surface area contributed by atoms with Crippen LogP contribution in [-0.4, -0.2) is 38.2 Å². The molecule has 0 saturated carbocycles. The number of aryl methyl sites for hydroxylation is 1. The van der Waals surface area contributed by atoms with Crippen molar-refractivity contribution in [1.82, 2.24) is 0 Å². The maximum Gasteiger partial charge on any atom is 0.155 e. The second-order valence-electron chi connectivity index (χ2n) is 3.54. The number of hydrogen-bond donors (Lipinski definition) is 1. The minimum Gasteiger partial charge on any atom is -0.493 e. The number of ether oxygens (including phenoxy) is 1. The maximum atomic E-state index is 11.2. The summed E-state index contributed by atoms with van der Waals surface area (Å²) in [6.07, 6.45) is 0. The predicted molar refractivity (Wildman–Crippen MR) is 62.4 cm³/mol. The van der Waals surface area contributed by atoms with Crippen LogP contribution in [0.2, 0.25) is 0 Å². The average Bonchev–Trinajstić information content (AvgIpc) is 2.17.